The van der Waals surface area contributed by atoms with E-state index >= 15 is 0 Å². The molecular weight excluding hydrogens is 415 g/mol. The lowest BCUT2D eigenvalue weighted by atomic mass is 10.2. The highest BCUT2D eigenvalue weighted by atomic mass is 127. The van der Waals surface area contributed by atoms with Crippen LogP contribution in [0.4, 0.5) is 0 Å². The van der Waals surface area contributed by atoms with Gasteiger partial charge in [0.05, 0.1) is 10.7 Å². The summed E-state index contributed by atoms with van der Waals surface area (Å²) < 4.78 is 0. The first kappa shape index (κ1) is 19.0. The predicted molar refractivity (Wildman–Crippen MR) is 105 cm³/mol. The maximum absolute atomic E-state index is 4.47. The number of hydrogen-bond acceptors (Lipinski definition) is 4. The van der Waals surface area contributed by atoms with Crippen molar-refractivity contribution in [2.75, 3.05) is 19.8 Å². The van der Waals surface area contributed by atoms with E-state index in [2.05, 4.69) is 32.2 Å². The maximum Gasteiger partial charge on any atom is 0.191 e. The van der Waals surface area contributed by atoms with E-state index in [1.54, 1.807) is 11.3 Å². The zero-order valence-corrected chi connectivity index (χ0v) is 16.9. The first-order valence-corrected chi connectivity index (χ1v) is 9.29. The summed E-state index contributed by atoms with van der Waals surface area (Å²) in [5, 5.41) is 11.0. The van der Waals surface area contributed by atoms with Crippen molar-refractivity contribution in [3.05, 3.63) is 16.1 Å². The molecule has 0 saturated heterocycles. The van der Waals surface area contributed by atoms with Gasteiger partial charge in [-0.2, -0.15) is 11.8 Å². The lowest BCUT2D eigenvalue weighted by Gasteiger charge is -2.17. The van der Waals surface area contributed by atoms with Crippen LogP contribution in [-0.4, -0.2) is 42.1 Å². The topological polar surface area (TPSA) is 49.3 Å². The summed E-state index contributed by atoms with van der Waals surface area (Å²) in [5.41, 5.74) is 1.17. The van der Waals surface area contributed by atoms with Crippen LogP contribution in [0, 0.1) is 6.92 Å². The van der Waals surface area contributed by atoms with E-state index in [0.29, 0.717) is 6.04 Å². The molecule has 1 saturated carbocycles. The molecule has 0 radical (unpaired) electrons. The molecule has 0 aromatic carbocycles. The van der Waals surface area contributed by atoms with Gasteiger partial charge >= 0.3 is 0 Å². The van der Waals surface area contributed by atoms with Crippen LogP contribution in [0.5, 0.6) is 0 Å². The fourth-order valence-corrected chi connectivity index (χ4v) is 3.95. The third-order valence-electron chi connectivity index (χ3n) is 3.62. The summed E-state index contributed by atoms with van der Waals surface area (Å²) in [6, 6.07) is 0.570. The van der Waals surface area contributed by atoms with Crippen molar-refractivity contribution in [1.29, 1.82) is 0 Å². The minimum Gasteiger partial charge on any atom is -0.356 e. The molecule has 0 spiro atoms. The molecule has 0 amide bonds. The minimum atomic E-state index is 0. The molecule has 1 heterocycles. The molecule has 4 nitrogen and oxygen atoms in total. The third kappa shape index (κ3) is 6.32. The van der Waals surface area contributed by atoms with Crippen molar-refractivity contribution < 1.29 is 0 Å². The van der Waals surface area contributed by atoms with Gasteiger partial charge in [-0.25, -0.2) is 4.98 Å². The summed E-state index contributed by atoms with van der Waals surface area (Å²) in [7, 11) is 1.84. The van der Waals surface area contributed by atoms with Crippen molar-refractivity contribution in [1.82, 2.24) is 15.6 Å². The molecule has 21 heavy (non-hydrogen) atoms. The number of nitrogens with one attached hydrogen (secondary N) is 2. The minimum absolute atomic E-state index is 0. The highest BCUT2D eigenvalue weighted by Crippen LogP contribution is 2.27. The van der Waals surface area contributed by atoms with Gasteiger partial charge < -0.3 is 10.6 Å². The van der Waals surface area contributed by atoms with Gasteiger partial charge in [0.1, 0.15) is 0 Å². The van der Waals surface area contributed by atoms with Crippen LogP contribution in [-0.2, 0) is 6.42 Å². The van der Waals surface area contributed by atoms with Crippen molar-refractivity contribution in [2.24, 2.45) is 4.99 Å². The molecule has 1 aromatic heterocycles. The molecule has 0 aliphatic heterocycles. The van der Waals surface area contributed by atoms with Crippen LogP contribution in [0.3, 0.4) is 0 Å². The summed E-state index contributed by atoms with van der Waals surface area (Å²) >= 11 is 3.69. The van der Waals surface area contributed by atoms with Gasteiger partial charge in [0.2, 0.25) is 0 Å². The van der Waals surface area contributed by atoms with Crippen LogP contribution in [0.25, 0.3) is 0 Å². The Bertz CT molecular complexity index is 450. The lowest BCUT2D eigenvalue weighted by Crippen LogP contribution is -2.43. The molecule has 1 fully saturated rings. The Morgan fingerprint density at radius 2 is 2.33 bits per heavy atom. The summed E-state index contributed by atoms with van der Waals surface area (Å²) in [5.74, 6) is 0.920. The largest absolute Gasteiger partial charge is 0.356 e. The molecule has 120 valence electrons. The Hall–Kier alpha value is -0.0200. The number of halogens is 1. The number of thiazole rings is 1. The molecule has 1 aliphatic rings. The number of hydrogen-bond donors (Lipinski definition) is 2. The Morgan fingerprint density at radius 1 is 1.52 bits per heavy atom. The second kappa shape index (κ2) is 9.89. The van der Waals surface area contributed by atoms with Crippen LogP contribution in [0.15, 0.2) is 10.4 Å². The highest BCUT2D eigenvalue weighted by Gasteiger charge is 2.24. The Balaban J connectivity index is 0.00000220. The lowest BCUT2D eigenvalue weighted by molar-refractivity contribution is 0.614. The van der Waals surface area contributed by atoms with E-state index in [-0.39, 0.29) is 24.0 Å². The number of nitrogens with zero attached hydrogens (tertiary/aromatic N) is 2. The van der Waals surface area contributed by atoms with E-state index in [1.165, 1.54) is 25.0 Å². The van der Waals surface area contributed by atoms with E-state index in [1.807, 2.05) is 25.7 Å². The van der Waals surface area contributed by atoms with Crippen molar-refractivity contribution in [2.45, 2.75) is 43.9 Å². The van der Waals surface area contributed by atoms with Crippen molar-refractivity contribution in [3.63, 3.8) is 0 Å². The van der Waals surface area contributed by atoms with E-state index < -0.39 is 0 Å². The number of thioether (sulfide) groups is 1. The van der Waals surface area contributed by atoms with Crippen molar-refractivity contribution >= 4 is 53.0 Å². The number of aliphatic imine (C=N–C) groups is 1. The van der Waals surface area contributed by atoms with Gasteiger partial charge in [0.25, 0.3) is 0 Å². The SMILES string of the molecule is CN=C(NCCc1csc(C)n1)NC1CCC(SC)C1.I. The predicted octanol–water partition coefficient (Wildman–Crippen LogP) is 3.06. The monoisotopic (exact) mass is 440 g/mol. The molecule has 1 aromatic rings. The fraction of sp³-hybridized carbons (Fsp3) is 0.714. The Labute approximate surface area is 153 Å². The Kier molecular flexibility index (Phi) is 8.96. The molecule has 2 N–H and O–H groups in total. The molecule has 2 unspecified atom stereocenters. The van der Waals surface area contributed by atoms with Gasteiger partial charge in [-0.15, -0.1) is 35.3 Å². The van der Waals surface area contributed by atoms with Gasteiger partial charge in [-0.1, -0.05) is 0 Å². The van der Waals surface area contributed by atoms with Crippen LogP contribution in [0.1, 0.15) is 30.0 Å². The van der Waals surface area contributed by atoms with Gasteiger partial charge in [-0.3, -0.25) is 4.99 Å². The first-order valence-electron chi connectivity index (χ1n) is 7.12. The summed E-state index contributed by atoms with van der Waals surface area (Å²) in [6.07, 6.45) is 6.96. The molecule has 0 bridgehead atoms. The van der Waals surface area contributed by atoms with Crippen LogP contribution < -0.4 is 10.6 Å². The zero-order chi connectivity index (χ0) is 14.4. The summed E-state index contributed by atoms with van der Waals surface area (Å²) in [4.78, 5) is 8.78. The first-order chi connectivity index (χ1) is 9.71. The fourth-order valence-electron chi connectivity index (χ4n) is 2.51. The second-order valence-corrected chi connectivity index (χ2v) is 7.32. The third-order valence-corrected chi connectivity index (χ3v) is 5.54. The second-order valence-electron chi connectivity index (χ2n) is 5.12. The van der Waals surface area contributed by atoms with Crippen LogP contribution >= 0.6 is 47.1 Å². The average molecular weight is 440 g/mol. The average Bonchev–Trinajstić information content (AvgIpc) is 3.06. The Morgan fingerprint density at radius 3 is 2.90 bits per heavy atom. The quantitative estimate of drug-likeness (QED) is 0.420. The normalized spacial score (nSPS) is 22.0. The zero-order valence-electron chi connectivity index (χ0n) is 12.9. The molecular formula is C14H25IN4S2. The summed E-state index contributed by atoms with van der Waals surface area (Å²) in [6.45, 7) is 2.92. The van der Waals surface area contributed by atoms with Crippen LogP contribution in [0.2, 0.25) is 0 Å². The highest BCUT2D eigenvalue weighted by molar-refractivity contribution is 14.0. The molecule has 2 atom stereocenters. The van der Waals surface area contributed by atoms with E-state index in [4.69, 9.17) is 0 Å². The number of aromatic nitrogens is 1. The standard InChI is InChI=1S/C14H24N4S2.HI/c1-10-17-12(9-20-10)6-7-16-14(15-2)18-11-4-5-13(8-11)19-3;/h9,11,13H,4-8H2,1-3H3,(H2,15,16,18);1H. The van der Waals surface area contributed by atoms with E-state index in [9.17, 15) is 0 Å². The number of guanidine groups is 1. The molecule has 2 rings (SSSR count). The number of aryl methyl sites for hydroxylation is 1. The van der Waals surface area contributed by atoms with Gasteiger partial charge in [0.15, 0.2) is 5.96 Å². The van der Waals surface area contributed by atoms with Gasteiger partial charge in [0, 0.05) is 36.7 Å². The maximum atomic E-state index is 4.47. The van der Waals surface area contributed by atoms with Crippen molar-refractivity contribution in [3.8, 4) is 0 Å². The van der Waals surface area contributed by atoms with Gasteiger partial charge in [-0.05, 0) is 32.4 Å². The smallest absolute Gasteiger partial charge is 0.191 e. The number of rotatable bonds is 5. The van der Waals surface area contributed by atoms with E-state index in [0.717, 1.165) is 29.2 Å². The molecule has 1 aliphatic carbocycles. The molecule has 7 heteroatoms.